The minimum Gasteiger partial charge on any atom is -0.313 e. The Kier molecular flexibility index (Phi) is 4.02. The normalized spacial score (nSPS) is 14.5. The van der Waals surface area contributed by atoms with Gasteiger partial charge < -0.3 is 5.32 Å². The Balaban J connectivity index is 2.20. The lowest BCUT2D eigenvalue weighted by molar-refractivity contribution is 0.651. The van der Waals surface area contributed by atoms with E-state index in [-0.39, 0.29) is 0 Å². The van der Waals surface area contributed by atoms with Crippen molar-refractivity contribution in [2.45, 2.75) is 52.5 Å². The fourth-order valence-corrected chi connectivity index (χ4v) is 3.24. The third-order valence-corrected chi connectivity index (χ3v) is 4.40. The summed E-state index contributed by atoms with van der Waals surface area (Å²) in [6.45, 7) is 6.39. The van der Waals surface area contributed by atoms with Crippen LogP contribution in [-0.2, 0) is 25.8 Å². The number of fused-ring (bicyclic) bond motifs is 2. The van der Waals surface area contributed by atoms with Crippen molar-refractivity contribution in [3.05, 3.63) is 40.6 Å². The third-order valence-electron chi connectivity index (χ3n) is 4.40. The molecule has 0 saturated carbocycles. The lowest BCUT2D eigenvalue weighted by Crippen LogP contribution is -2.17. The van der Waals surface area contributed by atoms with Gasteiger partial charge >= 0.3 is 0 Å². The van der Waals surface area contributed by atoms with E-state index < -0.39 is 0 Å². The van der Waals surface area contributed by atoms with Gasteiger partial charge in [0.15, 0.2) is 0 Å². The number of benzene rings is 1. The van der Waals surface area contributed by atoms with Crippen molar-refractivity contribution in [3.8, 4) is 0 Å². The lowest BCUT2D eigenvalue weighted by Gasteiger charge is -2.21. The third kappa shape index (κ3) is 2.45. The summed E-state index contributed by atoms with van der Waals surface area (Å²) >= 11 is 0. The minimum absolute atomic E-state index is 0.977. The maximum atomic E-state index is 4.93. The molecule has 0 saturated heterocycles. The summed E-state index contributed by atoms with van der Waals surface area (Å²) in [6, 6.07) is 6.78. The van der Waals surface area contributed by atoms with Gasteiger partial charge in [-0.05, 0) is 67.5 Å². The summed E-state index contributed by atoms with van der Waals surface area (Å²) in [5.41, 5.74) is 6.96. The van der Waals surface area contributed by atoms with Gasteiger partial charge in [0.25, 0.3) is 0 Å². The second-order valence-corrected chi connectivity index (χ2v) is 5.71. The van der Waals surface area contributed by atoms with Gasteiger partial charge in [-0.15, -0.1) is 0 Å². The van der Waals surface area contributed by atoms with Crippen LogP contribution in [0.2, 0.25) is 0 Å². The molecule has 2 aromatic rings. The van der Waals surface area contributed by atoms with Gasteiger partial charge in [-0.25, -0.2) is 0 Å². The van der Waals surface area contributed by atoms with Crippen molar-refractivity contribution in [1.82, 2.24) is 10.3 Å². The minimum atomic E-state index is 0.977. The zero-order valence-electron chi connectivity index (χ0n) is 12.6. The molecular weight excluding hydrogens is 244 g/mol. The first kappa shape index (κ1) is 13.6. The molecule has 0 fully saturated rings. The van der Waals surface area contributed by atoms with E-state index >= 15 is 0 Å². The molecule has 1 aromatic carbocycles. The van der Waals surface area contributed by atoms with Crippen molar-refractivity contribution >= 4 is 10.9 Å². The number of rotatable bonds is 4. The number of hydrogen-bond acceptors (Lipinski definition) is 2. The summed E-state index contributed by atoms with van der Waals surface area (Å²) in [5, 5.41) is 4.88. The predicted octanol–water partition coefficient (Wildman–Crippen LogP) is 3.79. The largest absolute Gasteiger partial charge is 0.313 e. The van der Waals surface area contributed by atoms with Crippen LogP contribution in [0.4, 0.5) is 0 Å². The average molecular weight is 268 g/mol. The topological polar surface area (TPSA) is 24.9 Å². The molecule has 1 aliphatic carbocycles. The van der Waals surface area contributed by atoms with Crippen LogP contribution in [0, 0.1) is 0 Å². The molecule has 1 heterocycles. The van der Waals surface area contributed by atoms with Crippen LogP contribution < -0.4 is 5.32 Å². The van der Waals surface area contributed by atoms with Crippen molar-refractivity contribution in [2.24, 2.45) is 0 Å². The summed E-state index contributed by atoms with van der Waals surface area (Å²) in [6.07, 6.45) is 6.05. The second kappa shape index (κ2) is 5.92. The summed E-state index contributed by atoms with van der Waals surface area (Å²) in [4.78, 5) is 4.93. The first-order valence-electron chi connectivity index (χ1n) is 7.97. The standard InChI is InChI=1S/C18H24N2/c1-3-13-9-10-18-15(11-13)16(12-19-4-2)14-7-5-6-8-17(14)20-18/h9-11,19H,3-8,12H2,1-2H3. The molecule has 0 spiro atoms. The Hall–Kier alpha value is -1.41. The summed E-state index contributed by atoms with van der Waals surface area (Å²) in [5.74, 6) is 0. The van der Waals surface area contributed by atoms with Gasteiger partial charge in [0.2, 0.25) is 0 Å². The Morgan fingerprint density at radius 3 is 2.80 bits per heavy atom. The highest BCUT2D eigenvalue weighted by atomic mass is 14.8. The molecule has 20 heavy (non-hydrogen) atoms. The van der Waals surface area contributed by atoms with Crippen LogP contribution in [0.15, 0.2) is 18.2 Å². The predicted molar refractivity (Wildman–Crippen MR) is 85.1 cm³/mol. The van der Waals surface area contributed by atoms with E-state index in [1.165, 1.54) is 52.5 Å². The Bertz CT molecular complexity index is 616. The molecule has 1 aromatic heterocycles. The SMILES string of the molecule is CCNCc1c2c(nc3ccc(CC)cc13)CCCC2. The number of nitrogens with one attached hydrogen (secondary N) is 1. The molecule has 2 heteroatoms. The number of nitrogens with zero attached hydrogens (tertiary/aromatic N) is 1. The van der Waals surface area contributed by atoms with E-state index in [1.54, 1.807) is 0 Å². The van der Waals surface area contributed by atoms with Gasteiger partial charge in [-0.1, -0.05) is 19.9 Å². The molecule has 0 unspecified atom stereocenters. The van der Waals surface area contributed by atoms with E-state index in [0.29, 0.717) is 0 Å². The monoisotopic (exact) mass is 268 g/mol. The molecule has 0 atom stereocenters. The maximum absolute atomic E-state index is 4.93. The van der Waals surface area contributed by atoms with Crippen molar-refractivity contribution < 1.29 is 0 Å². The van der Waals surface area contributed by atoms with Gasteiger partial charge in [0, 0.05) is 17.6 Å². The van der Waals surface area contributed by atoms with Gasteiger partial charge in [0.05, 0.1) is 5.52 Å². The first-order valence-corrected chi connectivity index (χ1v) is 7.97. The van der Waals surface area contributed by atoms with E-state index in [0.717, 1.165) is 25.9 Å². The Labute approximate surface area is 121 Å². The molecular formula is C18H24N2. The van der Waals surface area contributed by atoms with Gasteiger partial charge in [-0.2, -0.15) is 0 Å². The molecule has 2 nitrogen and oxygen atoms in total. The number of hydrogen-bond donors (Lipinski definition) is 1. The highest BCUT2D eigenvalue weighted by Crippen LogP contribution is 2.29. The van der Waals surface area contributed by atoms with Crippen LogP contribution in [-0.4, -0.2) is 11.5 Å². The smallest absolute Gasteiger partial charge is 0.0708 e. The molecule has 1 N–H and O–H groups in total. The van der Waals surface area contributed by atoms with E-state index in [4.69, 9.17) is 4.98 Å². The molecule has 0 bridgehead atoms. The van der Waals surface area contributed by atoms with Crippen LogP contribution in [0.25, 0.3) is 10.9 Å². The summed E-state index contributed by atoms with van der Waals surface area (Å²) < 4.78 is 0. The quantitative estimate of drug-likeness (QED) is 0.912. The van der Waals surface area contributed by atoms with Crippen molar-refractivity contribution in [1.29, 1.82) is 0 Å². The van der Waals surface area contributed by atoms with E-state index in [2.05, 4.69) is 37.4 Å². The van der Waals surface area contributed by atoms with E-state index in [9.17, 15) is 0 Å². The lowest BCUT2D eigenvalue weighted by atomic mass is 9.89. The number of pyridine rings is 1. The zero-order chi connectivity index (χ0) is 13.9. The highest BCUT2D eigenvalue weighted by Gasteiger charge is 2.17. The first-order chi connectivity index (χ1) is 9.83. The highest BCUT2D eigenvalue weighted by molar-refractivity contribution is 5.84. The molecule has 0 aliphatic heterocycles. The second-order valence-electron chi connectivity index (χ2n) is 5.71. The molecule has 3 rings (SSSR count). The Morgan fingerprint density at radius 1 is 1.15 bits per heavy atom. The van der Waals surface area contributed by atoms with Crippen LogP contribution >= 0.6 is 0 Å². The number of aromatic nitrogens is 1. The molecule has 0 radical (unpaired) electrons. The van der Waals surface area contributed by atoms with Crippen LogP contribution in [0.1, 0.15) is 49.1 Å². The van der Waals surface area contributed by atoms with Crippen molar-refractivity contribution in [2.75, 3.05) is 6.54 Å². The zero-order valence-corrected chi connectivity index (χ0v) is 12.6. The van der Waals surface area contributed by atoms with Gasteiger partial charge in [-0.3, -0.25) is 4.98 Å². The summed E-state index contributed by atoms with van der Waals surface area (Å²) in [7, 11) is 0. The van der Waals surface area contributed by atoms with Crippen LogP contribution in [0.3, 0.4) is 0 Å². The molecule has 1 aliphatic rings. The fraction of sp³-hybridized carbons (Fsp3) is 0.500. The van der Waals surface area contributed by atoms with Crippen molar-refractivity contribution in [3.63, 3.8) is 0 Å². The Morgan fingerprint density at radius 2 is 2.00 bits per heavy atom. The van der Waals surface area contributed by atoms with Gasteiger partial charge in [0.1, 0.15) is 0 Å². The molecule has 0 amide bonds. The van der Waals surface area contributed by atoms with Crippen LogP contribution in [0.5, 0.6) is 0 Å². The fourth-order valence-electron chi connectivity index (χ4n) is 3.24. The maximum Gasteiger partial charge on any atom is 0.0708 e. The van der Waals surface area contributed by atoms with E-state index in [1.807, 2.05) is 0 Å². The average Bonchev–Trinajstić information content (AvgIpc) is 2.51. The number of aryl methyl sites for hydroxylation is 2. The molecule has 106 valence electrons.